The van der Waals surface area contributed by atoms with Crippen molar-refractivity contribution >= 4 is 23.4 Å². The van der Waals surface area contributed by atoms with Crippen LogP contribution in [0.5, 0.6) is 5.75 Å². The van der Waals surface area contributed by atoms with Gasteiger partial charge in [-0.1, -0.05) is 0 Å². The molecule has 0 heterocycles. The molecule has 4 nitrogen and oxygen atoms in total. The van der Waals surface area contributed by atoms with E-state index in [1.807, 2.05) is 11.8 Å². The third-order valence-electron chi connectivity index (χ3n) is 3.54. The molecule has 104 valence electrons. The number of benzene rings is 1. The predicted octanol–water partition coefficient (Wildman–Crippen LogP) is 2.29. The molecule has 19 heavy (non-hydrogen) atoms. The van der Waals surface area contributed by atoms with Crippen molar-refractivity contribution in [3.63, 3.8) is 0 Å². The Kier molecular flexibility index (Phi) is 4.58. The molecule has 1 aliphatic rings. The molecular weight excluding hydrogens is 260 g/mol. The molecule has 3 N–H and O–H groups in total. The highest BCUT2D eigenvalue weighted by atomic mass is 32.2. The number of ether oxygens (including phenoxy) is 1. The zero-order chi connectivity index (χ0) is 13.8. The lowest BCUT2D eigenvalue weighted by molar-refractivity contribution is 0.0938. The Bertz CT molecular complexity index is 465. The number of hydrogen-bond acceptors (Lipinski definition) is 4. The van der Waals surface area contributed by atoms with Gasteiger partial charge >= 0.3 is 0 Å². The van der Waals surface area contributed by atoms with E-state index in [-0.39, 0.29) is 11.9 Å². The van der Waals surface area contributed by atoms with Crippen LogP contribution >= 0.6 is 11.8 Å². The molecule has 0 saturated heterocycles. The first kappa shape index (κ1) is 14.1. The third kappa shape index (κ3) is 3.35. The van der Waals surface area contributed by atoms with Gasteiger partial charge in [0.05, 0.1) is 12.8 Å². The Morgan fingerprint density at radius 2 is 2.26 bits per heavy atom. The van der Waals surface area contributed by atoms with Crippen molar-refractivity contribution in [1.82, 2.24) is 5.32 Å². The predicted molar refractivity (Wildman–Crippen MR) is 79.8 cm³/mol. The number of rotatable bonds is 4. The maximum absolute atomic E-state index is 12.1. The van der Waals surface area contributed by atoms with Crippen molar-refractivity contribution in [2.75, 3.05) is 19.1 Å². The number of amides is 1. The second-order valence-corrected chi connectivity index (χ2v) is 5.94. The number of hydrogen-bond donors (Lipinski definition) is 2. The van der Waals surface area contributed by atoms with Crippen LogP contribution in [0.3, 0.4) is 0 Å². The van der Waals surface area contributed by atoms with Crippen LogP contribution in [0.1, 0.15) is 29.6 Å². The first-order valence-corrected chi connectivity index (χ1v) is 7.70. The summed E-state index contributed by atoms with van der Waals surface area (Å²) in [7, 11) is 1.56. The van der Waals surface area contributed by atoms with Crippen molar-refractivity contribution in [2.24, 2.45) is 0 Å². The van der Waals surface area contributed by atoms with Crippen LogP contribution in [0.4, 0.5) is 5.69 Å². The van der Waals surface area contributed by atoms with Gasteiger partial charge in [-0.05, 0) is 43.7 Å². The summed E-state index contributed by atoms with van der Waals surface area (Å²) in [6.07, 6.45) is 5.41. The van der Waals surface area contributed by atoms with Crippen molar-refractivity contribution in [3.8, 4) is 5.75 Å². The maximum atomic E-state index is 12.1. The Labute approximate surface area is 118 Å². The van der Waals surface area contributed by atoms with Crippen LogP contribution in [-0.4, -0.2) is 30.6 Å². The van der Waals surface area contributed by atoms with Crippen LogP contribution in [0, 0.1) is 0 Å². The quantitative estimate of drug-likeness (QED) is 0.831. The fraction of sp³-hybridized carbons (Fsp3) is 0.500. The monoisotopic (exact) mass is 280 g/mol. The van der Waals surface area contributed by atoms with E-state index in [0.29, 0.717) is 22.3 Å². The van der Waals surface area contributed by atoms with E-state index in [2.05, 4.69) is 11.6 Å². The van der Waals surface area contributed by atoms with Gasteiger partial charge < -0.3 is 15.8 Å². The van der Waals surface area contributed by atoms with E-state index >= 15 is 0 Å². The lowest BCUT2D eigenvalue weighted by Crippen LogP contribution is -2.33. The fourth-order valence-electron chi connectivity index (χ4n) is 2.43. The molecule has 2 rings (SSSR count). The van der Waals surface area contributed by atoms with Crippen LogP contribution in [-0.2, 0) is 0 Å². The third-order valence-corrected chi connectivity index (χ3v) is 4.64. The number of carbonyl (C=O) groups is 1. The van der Waals surface area contributed by atoms with E-state index < -0.39 is 0 Å². The molecule has 1 aromatic rings. The molecule has 5 heteroatoms. The van der Waals surface area contributed by atoms with E-state index in [1.165, 1.54) is 6.42 Å². The Hall–Kier alpha value is -1.36. The molecule has 0 aliphatic heterocycles. The minimum atomic E-state index is -0.0545. The molecule has 1 aromatic carbocycles. The molecule has 1 saturated carbocycles. The number of anilines is 1. The average Bonchev–Trinajstić information content (AvgIpc) is 2.86. The Balaban J connectivity index is 1.98. The van der Waals surface area contributed by atoms with Crippen LogP contribution in [0.25, 0.3) is 0 Å². The average molecular weight is 280 g/mol. The zero-order valence-corrected chi connectivity index (χ0v) is 12.1. The van der Waals surface area contributed by atoms with Gasteiger partial charge in [-0.3, -0.25) is 4.79 Å². The largest absolute Gasteiger partial charge is 0.495 e. The first-order chi connectivity index (χ1) is 9.13. The van der Waals surface area contributed by atoms with Gasteiger partial charge in [0.1, 0.15) is 5.75 Å². The molecule has 1 fully saturated rings. The maximum Gasteiger partial charge on any atom is 0.251 e. The molecule has 0 spiro atoms. The summed E-state index contributed by atoms with van der Waals surface area (Å²) in [6.45, 7) is 0. The summed E-state index contributed by atoms with van der Waals surface area (Å²) in [5.74, 6) is 0.543. The lowest BCUT2D eigenvalue weighted by atomic mass is 10.1. The molecule has 2 atom stereocenters. The Morgan fingerprint density at radius 3 is 2.84 bits per heavy atom. The van der Waals surface area contributed by atoms with E-state index in [9.17, 15) is 4.79 Å². The summed E-state index contributed by atoms with van der Waals surface area (Å²) in [4.78, 5) is 12.1. The van der Waals surface area contributed by atoms with Gasteiger partial charge in [0, 0.05) is 16.9 Å². The first-order valence-electron chi connectivity index (χ1n) is 6.41. The number of nitrogens with two attached hydrogens (primary N) is 1. The summed E-state index contributed by atoms with van der Waals surface area (Å²) in [6, 6.07) is 5.41. The van der Waals surface area contributed by atoms with Crippen molar-refractivity contribution in [2.45, 2.75) is 30.6 Å². The highest BCUT2D eigenvalue weighted by Crippen LogP contribution is 2.28. The molecule has 1 aliphatic carbocycles. The van der Waals surface area contributed by atoms with E-state index in [1.54, 1.807) is 25.3 Å². The van der Waals surface area contributed by atoms with Gasteiger partial charge in [0.2, 0.25) is 0 Å². The smallest absolute Gasteiger partial charge is 0.251 e. The van der Waals surface area contributed by atoms with Crippen molar-refractivity contribution in [1.29, 1.82) is 0 Å². The van der Waals surface area contributed by atoms with Crippen molar-refractivity contribution < 1.29 is 9.53 Å². The topological polar surface area (TPSA) is 64.3 Å². The Morgan fingerprint density at radius 1 is 1.47 bits per heavy atom. The summed E-state index contributed by atoms with van der Waals surface area (Å²) >= 11 is 1.88. The van der Waals surface area contributed by atoms with Crippen LogP contribution in [0.15, 0.2) is 18.2 Å². The minimum Gasteiger partial charge on any atom is -0.495 e. The number of carbonyl (C=O) groups excluding carboxylic acids is 1. The number of thioether (sulfide) groups is 1. The zero-order valence-electron chi connectivity index (χ0n) is 11.3. The standard InChI is InChI=1S/C14H20N2O2S/c1-18-13-6-3-9(7-12(13)15)14(17)16-10-4-5-11(8-10)19-2/h3,6-7,10-11H,4-5,8,15H2,1-2H3,(H,16,17). The van der Waals surface area contributed by atoms with Crippen LogP contribution in [0.2, 0.25) is 0 Å². The van der Waals surface area contributed by atoms with Gasteiger partial charge in [-0.15, -0.1) is 0 Å². The molecule has 0 aromatic heterocycles. The number of nitrogens with one attached hydrogen (secondary N) is 1. The molecule has 0 radical (unpaired) electrons. The van der Waals surface area contributed by atoms with Crippen LogP contribution < -0.4 is 15.8 Å². The SMILES string of the molecule is COc1ccc(C(=O)NC2CCC(SC)C2)cc1N. The number of methoxy groups -OCH3 is 1. The lowest BCUT2D eigenvalue weighted by Gasteiger charge is -2.13. The minimum absolute atomic E-state index is 0.0545. The summed E-state index contributed by atoms with van der Waals surface area (Å²) in [5.41, 5.74) is 6.89. The summed E-state index contributed by atoms with van der Waals surface area (Å²) in [5, 5.41) is 3.75. The van der Waals surface area contributed by atoms with Crippen molar-refractivity contribution in [3.05, 3.63) is 23.8 Å². The summed E-state index contributed by atoms with van der Waals surface area (Å²) < 4.78 is 5.08. The highest BCUT2D eigenvalue weighted by Gasteiger charge is 2.25. The second-order valence-electron chi connectivity index (χ2n) is 4.80. The van der Waals surface area contributed by atoms with E-state index in [0.717, 1.165) is 12.8 Å². The van der Waals surface area contributed by atoms with E-state index in [4.69, 9.17) is 10.5 Å². The van der Waals surface area contributed by atoms with Gasteiger partial charge in [0.15, 0.2) is 0 Å². The van der Waals surface area contributed by atoms with Gasteiger partial charge in [-0.25, -0.2) is 0 Å². The van der Waals surface area contributed by atoms with Gasteiger partial charge in [-0.2, -0.15) is 11.8 Å². The molecular formula is C14H20N2O2S. The molecule has 2 unspecified atom stereocenters. The molecule has 1 amide bonds. The second kappa shape index (κ2) is 6.19. The fourth-order valence-corrected chi connectivity index (χ4v) is 3.23. The highest BCUT2D eigenvalue weighted by molar-refractivity contribution is 7.99. The molecule has 0 bridgehead atoms. The van der Waals surface area contributed by atoms with Gasteiger partial charge in [0.25, 0.3) is 5.91 Å². The number of nitrogen functional groups attached to an aromatic ring is 1. The normalized spacial score (nSPS) is 22.2.